The molecule has 29 heavy (non-hydrogen) atoms. The average Bonchev–Trinajstić information content (AvgIpc) is 3.28. The van der Waals surface area contributed by atoms with E-state index in [1.165, 1.54) is 53.7 Å². The minimum Gasteiger partial charge on any atom is -0.256 e. The minimum absolute atomic E-state index is 0.722. The van der Waals surface area contributed by atoms with Gasteiger partial charge in [-0.2, -0.15) is 0 Å². The third-order valence-corrected chi connectivity index (χ3v) is 5.89. The lowest BCUT2D eigenvalue weighted by atomic mass is 9.98. The van der Waals surface area contributed by atoms with Crippen LogP contribution in [-0.2, 0) is 0 Å². The molecule has 0 saturated carbocycles. The summed E-state index contributed by atoms with van der Waals surface area (Å²) in [5.41, 5.74) is 4.86. The molecule has 2 aromatic rings. The monoisotopic (exact) mass is 413 g/mol. The van der Waals surface area contributed by atoms with Crippen LogP contribution in [0.15, 0.2) is 48.0 Å². The largest absolute Gasteiger partial charge is 0.256 e. The Bertz CT molecular complexity index is 679. The maximum absolute atomic E-state index is 4.44. The van der Waals surface area contributed by atoms with E-state index in [-0.39, 0.29) is 0 Å². The lowest BCUT2D eigenvalue weighted by Crippen LogP contribution is -1.93. The van der Waals surface area contributed by atoms with Crippen LogP contribution in [0.5, 0.6) is 0 Å². The van der Waals surface area contributed by atoms with Gasteiger partial charge in [0, 0.05) is 16.6 Å². The van der Waals surface area contributed by atoms with Crippen LogP contribution < -0.4 is 0 Å². The molecular weight excluding hydrogens is 370 g/mol. The Morgan fingerprint density at radius 2 is 1.83 bits per heavy atom. The van der Waals surface area contributed by atoms with Gasteiger partial charge < -0.3 is 0 Å². The molecule has 2 heteroatoms. The summed E-state index contributed by atoms with van der Waals surface area (Å²) in [6.07, 6.45) is 13.9. The average molecular weight is 414 g/mol. The van der Waals surface area contributed by atoms with Gasteiger partial charge in [0.1, 0.15) is 0 Å². The van der Waals surface area contributed by atoms with E-state index in [0.29, 0.717) is 0 Å². The van der Waals surface area contributed by atoms with Crippen LogP contribution in [0.4, 0.5) is 0 Å². The Labute approximate surface area is 185 Å². The summed E-state index contributed by atoms with van der Waals surface area (Å²) in [5.74, 6) is 0.722. The van der Waals surface area contributed by atoms with Gasteiger partial charge in [0.05, 0.1) is 5.69 Å². The molecule has 0 saturated heterocycles. The standard InChI is InChI=1S/C13H13NS.C8H16.C6H14/c1-3-5-12-10(2)8-11(9-14-12)13-6-4-7-15-13;1-5-7(3)8(4)6-2;1-3-5-6-4-2/h3-9H,1-2H3;8H,3,5-6H2,1-2,4H3;3-6H2,1-2H3/b5-3-;;. The van der Waals surface area contributed by atoms with E-state index in [1.807, 2.05) is 25.3 Å². The summed E-state index contributed by atoms with van der Waals surface area (Å²) in [4.78, 5) is 5.72. The van der Waals surface area contributed by atoms with Crippen LogP contribution in [0.25, 0.3) is 16.5 Å². The maximum atomic E-state index is 4.44. The van der Waals surface area contributed by atoms with E-state index < -0.39 is 0 Å². The summed E-state index contributed by atoms with van der Waals surface area (Å²) >= 11 is 1.75. The van der Waals surface area contributed by atoms with Crippen molar-refractivity contribution >= 4 is 17.4 Å². The Kier molecular flexibility index (Phi) is 16.2. The van der Waals surface area contributed by atoms with E-state index in [4.69, 9.17) is 0 Å². The van der Waals surface area contributed by atoms with Crippen molar-refractivity contribution in [3.05, 3.63) is 59.3 Å². The highest BCUT2D eigenvalue weighted by atomic mass is 32.1. The molecule has 0 aliphatic carbocycles. The number of pyridine rings is 1. The summed E-state index contributed by atoms with van der Waals surface area (Å²) in [6.45, 7) is 19.1. The lowest BCUT2D eigenvalue weighted by Gasteiger charge is -2.08. The zero-order valence-electron chi connectivity index (χ0n) is 19.9. The molecule has 0 amide bonds. The number of allylic oxidation sites excluding steroid dienone is 2. The van der Waals surface area contributed by atoms with Gasteiger partial charge in [-0.1, -0.05) is 84.6 Å². The van der Waals surface area contributed by atoms with Gasteiger partial charge in [0.25, 0.3) is 0 Å². The van der Waals surface area contributed by atoms with Gasteiger partial charge in [0.15, 0.2) is 0 Å². The predicted molar refractivity (Wildman–Crippen MR) is 136 cm³/mol. The predicted octanol–water partition coefficient (Wildman–Crippen LogP) is 9.74. The van der Waals surface area contributed by atoms with Crippen LogP contribution in [0.1, 0.15) is 91.3 Å². The van der Waals surface area contributed by atoms with Crippen molar-refractivity contribution in [2.45, 2.75) is 87.0 Å². The van der Waals surface area contributed by atoms with Crippen LogP contribution in [0, 0.1) is 12.8 Å². The van der Waals surface area contributed by atoms with Crippen molar-refractivity contribution in [2.24, 2.45) is 5.92 Å². The molecule has 1 unspecified atom stereocenters. The van der Waals surface area contributed by atoms with Gasteiger partial charge in [-0.3, -0.25) is 4.98 Å². The molecule has 0 aromatic carbocycles. The molecule has 2 aromatic heterocycles. The first kappa shape index (κ1) is 27.3. The molecule has 0 N–H and O–H groups in total. The smallest absolute Gasteiger partial charge is 0.0655 e. The number of rotatable bonds is 8. The number of hydrogen-bond acceptors (Lipinski definition) is 2. The number of nitrogens with zero attached hydrogens (tertiary/aromatic N) is 1. The maximum Gasteiger partial charge on any atom is 0.0655 e. The first-order valence-electron chi connectivity index (χ1n) is 11.3. The molecular formula is C27H43NS. The van der Waals surface area contributed by atoms with Crippen LogP contribution >= 0.6 is 11.3 Å². The number of aryl methyl sites for hydroxylation is 1. The Hall–Kier alpha value is -1.67. The zero-order valence-corrected chi connectivity index (χ0v) is 20.7. The van der Waals surface area contributed by atoms with Gasteiger partial charge in [0.2, 0.25) is 0 Å². The normalized spacial score (nSPS) is 11.3. The molecule has 0 fully saturated rings. The third-order valence-electron chi connectivity index (χ3n) is 4.97. The van der Waals surface area contributed by atoms with Crippen molar-refractivity contribution in [1.29, 1.82) is 0 Å². The highest BCUT2D eigenvalue weighted by molar-refractivity contribution is 7.13. The summed E-state index contributed by atoms with van der Waals surface area (Å²) in [6, 6.07) is 6.37. The minimum atomic E-state index is 0.722. The molecule has 2 rings (SSSR count). The first-order valence-corrected chi connectivity index (χ1v) is 12.1. The fourth-order valence-electron chi connectivity index (χ4n) is 2.63. The van der Waals surface area contributed by atoms with Crippen molar-refractivity contribution in [3.8, 4) is 10.4 Å². The number of aromatic nitrogens is 1. The van der Waals surface area contributed by atoms with Gasteiger partial charge in [-0.25, -0.2) is 0 Å². The van der Waals surface area contributed by atoms with E-state index in [1.54, 1.807) is 11.3 Å². The van der Waals surface area contributed by atoms with Crippen molar-refractivity contribution in [1.82, 2.24) is 4.98 Å². The number of unbranched alkanes of at least 4 members (excludes halogenated alkanes) is 3. The van der Waals surface area contributed by atoms with Crippen LogP contribution in [-0.4, -0.2) is 4.98 Å². The number of hydrogen-bond donors (Lipinski definition) is 0. The number of thiophene rings is 1. The second-order valence-corrected chi connectivity index (χ2v) is 8.38. The molecule has 1 nitrogen and oxygen atoms in total. The first-order chi connectivity index (χ1) is 13.9. The Morgan fingerprint density at radius 1 is 1.17 bits per heavy atom. The van der Waals surface area contributed by atoms with Crippen LogP contribution in [0.3, 0.4) is 0 Å². The van der Waals surface area contributed by atoms with E-state index in [2.05, 4.69) is 76.7 Å². The van der Waals surface area contributed by atoms with Crippen molar-refractivity contribution < 1.29 is 0 Å². The molecule has 0 aliphatic heterocycles. The zero-order chi connectivity index (χ0) is 22.1. The fourth-order valence-corrected chi connectivity index (χ4v) is 3.34. The molecule has 1 atom stereocenters. The SMILES string of the molecule is C/C=C\c1ncc(-c2cccs2)cc1C.C=C(CC)C(C)CC.CCCCCC. The lowest BCUT2D eigenvalue weighted by molar-refractivity contribution is 0.636. The van der Waals surface area contributed by atoms with Gasteiger partial charge >= 0.3 is 0 Å². The van der Waals surface area contributed by atoms with Crippen molar-refractivity contribution in [2.75, 3.05) is 0 Å². The van der Waals surface area contributed by atoms with Gasteiger partial charge in [-0.05, 0) is 61.8 Å². The summed E-state index contributed by atoms with van der Waals surface area (Å²) in [7, 11) is 0. The van der Waals surface area contributed by atoms with Crippen LogP contribution in [0.2, 0.25) is 0 Å². The quantitative estimate of drug-likeness (QED) is 0.310. The summed E-state index contributed by atoms with van der Waals surface area (Å²) < 4.78 is 0. The molecule has 162 valence electrons. The third kappa shape index (κ3) is 11.8. The summed E-state index contributed by atoms with van der Waals surface area (Å²) in [5, 5.41) is 2.09. The highest BCUT2D eigenvalue weighted by Gasteiger charge is 2.02. The molecule has 0 radical (unpaired) electrons. The topological polar surface area (TPSA) is 12.9 Å². The fraction of sp³-hybridized carbons (Fsp3) is 0.519. The molecule has 2 heterocycles. The van der Waals surface area contributed by atoms with E-state index in [0.717, 1.165) is 18.0 Å². The second kappa shape index (κ2) is 17.2. The molecule has 0 spiro atoms. The highest BCUT2D eigenvalue weighted by Crippen LogP contribution is 2.25. The Balaban J connectivity index is 0.000000474. The van der Waals surface area contributed by atoms with Crippen molar-refractivity contribution in [3.63, 3.8) is 0 Å². The molecule has 0 aliphatic rings. The van der Waals surface area contributed by atoms with E-state index in [9.17, 15) is 0 Å². The Morgan fingerprint density at radius 3 is 2.21 bits per heavy atom. The van der Waals surface area contributed by atoms with E-state index >= 15 is 0 Å². The molecule has 0 bridgehead atoms. The second-order valence-electron chi connectivity index (χ2n) is 7.43. The van der Waals surface area contributed by atoms with Gasteiger partial charge in [-0.15, -0.1) is 11.3 Å².